The molecule has 0 amide bonds. The SMILES string of the molecule is COC(=O)CCCCCC[C@@H]1[C@@H](CCC(O)CSc2cccc(Cl)c2)[C@H](O)C[C@@H]1O. The van der Waals surface area contributed by atoms with Gasteiger partial charge in [0.1, 0.15) is 0 Å². The second-order valence-corrected chi connectivity index (χ2v) is 9.76. The number of thioether (sulfide) groups is 1. The molecule has 0 spiro atoms. The van der Waals surface area contributed by atoms with Gasteiger partial charge in [-0.3, -0.25) is 4.79 Å². The zero-order valence-corrected chi connectivity index (χ0v) is 19.3. The van der Waals surface area contributed by atoms with Crippen molar-refractivity contribution in [3.8, 4) is 0 Å². The first-order valence-electron chi connectivity index (χ1n) is 10.9. The molecule has 5 nitrogen and oxygen atoms in total. The number of esters is 1. The van der Waals surface area contributed by atoms with Crippen molar-refractivity contribution in [3.63, 3.8) is 0 Å². The molecule has 1 fully saturated rings. The summed E-state index contributed by atoms with van der Waals surface area (Å²) in [4.78, 5) is 12.2. The van der Waals surface area contributed by atoms with E-state index in [-0.39, 0.29) is 17.8 Å². The number of methoxy groups -OCH3 is 1. The van der Waals surface area contributed by atoms with Crippen molar-refractivity contribution in [2.45, 2.75) is 81.0 Å². The summed E-state index contributed by atoms with van der Waals surface area (Å²) in [5.41, 5.74) is 0. The summed E-state index contributed by atoms with van der Waals surface area (Å²) in [7, 11) is 1.40. The van der Waals surface area contributed by atoms with Crippen molar-refractivity contribution in [1.29, 1.82) is 0 Å². The second kappa shape index (κ2) is 13.6. The maximum atomic E-state index is 11.1. The maximum absolute atomic E-state index is 11.1. The minimum Gasteiger partial charge on any atom is -0.469 e. The number of aliphatic hydroxyl groups excluding tert-OH is 3. The van der Waals surface area contributed by atoms with Crippen LogP contribution in [-0.4, -0.2) is 52.5 Å². The molecule has 0 bridgehead atoms. The summed E-state index contributed by atoms with van der Waals surface area (Å²) in [5.74, 6) is 0.516. The first-order chi connectivity index (χ1) is 14.4. The highest BCUT2D eigenvalue weighted by atomic mass is 35.5. The predicted molar refractivity (Wildman–Crippen MR) is 121 cm³/mol. The predicted octanol–water partition coefficient (Wildman–Crippen LogP) is 4.44. The zero-order chi connectivity index (χ0) is 21.9. The fourth-order valence-electron chi connectivity index (χ4n) is 4.30. The number of carbonyl (C=O) groups excluding carboxylic acids is 1. The second-order valence-electron chi connectivity index (χ2n) is 8.23. The molecule has 0 radical (unpaired) electrons. The first-order valence-corrected chi connectivity index (χ1v) is 12.3. The van der Waals surface area contributed by atoms with Gasteiger partial charge in [0.25, 0.3) is 0 Å². The molecule has 0 heterocycles. The Hall–Kier alpha value is -0.790. The molecule has 1 aromatic carbocycles. The Morgan fingerprint density at radius 1 is 1.17 bits per heavy atom. The van der Waals surface area contributed by atoms with E-state index in [1.165, 1.54) is 7.11 Å². The van der Waals surface area contributed by atoms with Gasteiger partial charge in [-0.05, 0) is 62.1 Å². The van der Waals surface area contributed by atoms with Gasteiger partial charge in [0.15, 0.2) is 0 Å². The lowest BCUT2D eigenvalue weighted by atomic mass is 9.85. The number of hydrogen-bond donors (Lipinski definition) is 3. The quantitative estimate of drug-likeness (QED) is 0.230. The van der Waals surface area contributed by atoms with E-state index in [4.69, 9.17) is 11.6 Å². The minimum absolute atomic E-state index is 0.0286. The lowest BCUT2D eigenvalue weighted by Crippen LogP contribution is -2.24. The first kappa shape index (κ1) is 25.5. The van der Waals surface area contributed by atoms with Crippen molar-refractivity contribution in [2.75, 3.05) is 12.9 Å². The molecule has 0 aromatic heterocycles. The molecule has 170 valence electrons. The van der Waals surface area contributed by atoms with Gasteiger partial charge in [0, 0.05) is 22.1 Å². The van der Waals surface area contributed by atoms with E-state index in [0.717, 1.165) is 37.0 Å². The van der Waals surface area contributed by atoms with E-state index in [1.807, 2.05) is 24.3 Å². The van der Waals surface area contributed by atoms with Gasteiger partial charge in [-0.1, -0.05) is 36.9 Å². The van der Waals surface area contributed by atoms with E-state index in [9.17, 15) is 20.1 Å². The number of carbonyl (C=O) groups is 1. The number of ether oxygens (including phenoxy) is 1. The van der Waals surface area contributed by atoms with Crippen LogP contribution in [0.25, 0.3) is 0 Å². The Labute approximate surface area is 189 Å². The Morgan fingerprint density at radius 2 is 1.87 bits per heavy atom. The van der Waals surface area contributed by atoms with Crippen molar-refractivity contribution >= 4 is 29.3 Å². The highest BCUT2D eigenvalue weighted by Crippen LogP contribution is 2.39. The van der Waals surface area contributed by atoms with E-state index in [0.29, 0.717) is 36.5 Å². The summed E-state index contributed by atoms with van der Waals surface area (Å²) in [6.07, 6.45) is 5.39. The summed E-state index contributed by atoms with van der Waals surface area (Å²) >= 11 is 7.57. The molecule has 30 heavy (non-hydrogen) atoms. The van der Waals surface area contributed by atoms with Crippen LogP contribution in [0.3, 0.4) is 0 Å². The largest absolute Gasteiger partial charge is 0.469 e. The van der Waals surface area contributed by atoms with Crippen molar-refractivity contribution in [1.82, 2.24) is 0 Å². The molecule has 1 aromatic rings. The topological polar surface area (TPSA) is 87.0 Å². The highest BCUT2D eigenvalue weighted by Gasteiger charge is 2.40. The zero-order valence-electron chi connectivity index (χ0n) is 17.7. The molecule has 3 N–H and O–H groups in total. The lowest BCUT2D eigenvalue weighted by Gasteiger charge is -2.24. The van der Waals surface area contributed by atoms with Gasteiger partial charge in [-0.15, -0.1) is 11.8 Å². The average molecular weight is 459 g/mol. The molecule has 5 atom stereocenters. The van der Waals surface area contributed by atoms with E-state index < -0.39 is 18.3 Å². The standard InChI is InChI=1S/C23H35ClO5S/c1-29-23(28)10-5-3-2-4-9-19-20(22(27)14-21(19)26)12-11-17(25)15-30-18-8-6-7-16(24)13-18/h6-8,13,17,19-22,25-27H,2-5,9-12,14-15H2,1H3/t17?,19-,20-,21+,22-/m1/s1. The van der Waals surface area contributed by atoms with Crippen LogP contribution in [0.4, 0.5) is 0 Å². The summed E-state index contributed by atoms with van der Waals surface area (Å²) < 4.78 is 4.64. The van der Waals surface area contributed by atoms with Crippen LogP contribution in [0.1, 0.15) is 57.8 Å². The van der Waals surface area contributed by atoms with Crippen LogP contribution in [-0.2, 0) is 9.53 Å². The van der Waals surface area contributed by atoms with Crippen molar-refractivity contribution < 1.29 is 24.9 Å². The molecule has 1 aliphatic carbocycles. The van der Waals surface area contributed by atoms with Gasteiger partial charge in [0.2, 0.25) is 0 Å². The van der Waals surface area contributed by atoms with E-state index in [1.54, 1.807) is 11.8 Å². The van der Waals surface area contributed by atoms with Gasteiger partial charge in [-0.2, -0.15) is 0 Å². The molecule has 1 aliphatic rings. The molecule has 0 aliphatic heterocycles. The Morgan fingerprint density at radius 3 is 2.57 bits per heavy atom. The van der Waals surface area contributed by atoms with Crippen LogP contribution in [0.2, 0.25) is 5.02 Å². The van der Waals surface area contributed by atoms with Gasteiger partial charge >= 0.3 is 5.97 Å². The lowest BCUT2D eigenvalue weighted by molar-refractivity contribution is -0.140. The number of rotatable bonds is 13. The molecule has 1 unspecified atom stereocenters. The van der Waals surface area contributed by atoms with Crippen LogP contribution < -0.4 is 0 Å². The third kappa shape index (κ3) is 8.75. The Balaban J connectivity index is 1.69. The van der Waals surface area contributed by atoms with Crippen LogP contribution in [0.5, 0.6) is 0 Å². The van der Waals surface area contributed by atoms with Gasteiger partial charge in [-0.25, -0.2) is 0 Å². The van der Waals surface area contributed by atoms with Crippen LogP contribution in [0.15, 0.2) is 29.2 Å². The Bertz CT molecular complexity index is 644. The molecule has 1 saturated carbocycles. The van der Waals surface area contributed by atoms with Crippen LogP contribution >= 0.6 is 23.4 Å². The normalized spacial score (nSPS) is 24.7. The monoisotopic (exact) mass is 458 g/mol. The summed E-state index contributed by atoms with van der Waals surface area (Å²) in [6.45, 7) is 0. The van der Waals surface area contributed by atoms with E-state index in [2.05, 4.69) is 4.74 Å². The Kier molecular flexibility index (Phi) is 11.5. The fourth-order valence-corrected chi connectivity index (χ4v) is 5.49. The highest BCUT2D eigenvalue weighted by molar-refractivity contribution is 7.99. The van der Waals surface area contributed by atoms with Crippen LogP contribution in [0, 0.1) is 11.8 Å². The molecular weight excluding hydrogens is 424 g/mol. The third-order valence-corrected chi connectivity index (χ3v) is 7.36. The molecule has 0 saturated heterocycles. The number of benzene rings is 1. The summed E-state index contributed by atoms with van der Waals surface area (Å²) in [5, 5.41) is 31.8. The minimum atomic E-state index is -0.503. The fraction of sp³-hybridized carbons (Fsp3) is 0.696. The molecule has 7 heteroatoms. The van der Waals surface area contributed by atoms with E-state index >= 15 is 0 Å². The number of aliphatic hydroxyl groups is 3. The number of halogens is 1. The van der Waals surface area contributed by atoms with Gasteiger partial charge in [0.05, 0.1) is 25.4 Å². The smallest absolute Gasteiger partial charge is 0.305 e. The number of unbranched alkanes of at least 4 members (excludes halogenated alkanes) is 3. The molecular formula is C23H35ClO5S. The average Bonchev–Trinajstić information content (AvgIpc) is 2.99. The van der Waals surface area contributed by atoms with Crippen molar-refractivity contribution in [2.24, 2.45) is 11.8 Å². The van der Waals surface area contributed by atoms with Crippen molar-refractivity contribution in [3.05, 3.63) is 29.3 Å². The molecule has 2 rings (SSSR count). The maximum Gasteiger partial charge on any atom is 0.305 e. The summed E-state index contributed by atoms with van der Waals surface area (Å²) in [6, 6.07) is 7.58. The van der Waals surface area contributed by atoms with Gasteiger partial charge < -0.3 is 20.1 Å². The third-order valence-electron chi connectivity index (χ3n) is 5.99. The number of hydrogen-bond acceptors (Lipinski definition) is 6.